The Morgan fingerprint density at radius 2 is 1.62 bits per heavy atom. The number of rotatable bonds is 4. The van der Waals surface area contributed by atoms with Gasteiger partial charge in [-0.05, 0) is 49.2 Å². The van der Waals surface area contributed by atoms with Gasteiger partial charge in [0.25, 0.3) is 0 Å². The zero-order valence-electron chi connectivity index (χ0n) is 15.9. The lowest BCUT2D eigenvalue weighted by molar-refractivity contribution is 0.311. The minimum absolute atomic E-state index is 0.0143. The summed E-state index contributed by atoms with van der Waals surface area (Å²) >= 11 is 3.33. The van der Waals surface area contributed by atoms with Crippen LogP contribution in [0.3, 0.4) is 0 Å². The van der Waals surface area contributed by atoms with E-state index in [0.29, 0.717) is 31.8 Å². The van der Waals surface area contributed by atoms with Crippen LogP contribution < -0.4 is 5.69 Å². The fourth-order valence-corrected chi connectivity index (χ4v) is 5.41. The van der Waals surface area contributed by atoms with E-state index in [9.17, 15) is 13.2 Å². The number of benzene rings is 2. The van der Waals surface area contributed by atoms with E-state index in [0.717, 1.165) is 10.2 Å². The summed E-state index contributed by atoms with van der Waals surface area (Å²) in [4.78, 5) is 12.9. The zero-order valence-corrected chi connectivity index (χ0v) is 18.3. The second-order valence-electron chi connectivity index (χ2n) is 7.07. The van der Waals surface area contributed by atoms with Crippen LogP contribution >= 0.6 is 15.9 Å². The Kier molecular flexibility index (Phi) is 5.46. The lowest BCUT2D eigenvalue weighted by atomic mass is 9.97. The van der Waals surface area contributed by atoms with Crippen molar-refractivity contribution in [3.05, 3.63) is 75.4 Å². The number of sulfonamides is 1. The molecule has 7 nitrogen and oxygen atoms in total. The van der Waals surface area contributed by atoms with Gasteiger partial charge in [-0.1, -0.05) is 34.1 Å². The highest BCUT2D eigenvalue weighted by atomic mass is 79.9. The minimum atomic E-state index is -3.53. The quantitative estimate of drug-likeness (QED) is 0.579. The van der Waals surface area contributed by atoms with Crippen LogP contribution in [0.25, 0.3) is 5.69 Å². The maximum atomic E-state index is 12.9. The molecule has 1 aliphatic rings. The predicted molar refractivity (Wildman–Crippen MR) is 114 cm³/mol. The lowest BCUT2D eigenvalue weighted by Gasteiger charge is -2.30. The third kappa shape index (κ3) is 3.82. The molecule has 0 amide bonds. The van der Waals surface area contributed by atoms with Crippen LogP contribution in [0.2, 0.25) is 0 Å². The average molecular weight is 477 g/mol. The first kappa shape index (κ1) is 20.1. The molecule has 0 radical (unpaired) electrons. The number of aryl methyl sites for hydroxylation is 1. The molecule has 0 N–H and O–H groups in total. The highest BCUT2D eigenvalue weighted by molar-refractivity contribution is 9.10. The Balaban J connectivity index is 1.57. The molecule has 29 heavy (non-hydrogen) atoms. The summed E-state index contributed by atoms with van der Waals surface area (Å²) in [6.07, 6.45) is 1.22. The van der Waals surface area contributed by atoms with Crippen LogP contribution in [-0.4, -0.2) is 40.2 Å². The van der Waals surface area contributed by atoms with E-state index in [4.69, 9.17) is 0 Å². The van der Waals surface area contributed by atoms with Crippen molar-refractivity contribution in [1.29, 1.82) is 0 Å². The first-order valence-corrected chi connectivity index (χ1v) is 11.6. The summed E-state index contributed by atoms with van der Waals surface area (Å²) in [5.41, 5.74) is 0.571. The number of para-hydroxylation sites is 1. The Morgan fingerprint density at radius 1 is 1.00 bits per heavy atom. The smallest absolute Gasteiger partial charge is 0.247 e. The molecule has 4 rings (SSSR count). The van der Waals surface area contributed by atoms with Crippen molar-refractivity contribution in [3.8, 4) is 5.69 Å². The monoisotopic (exact) mass is 476 g/mol. The van der Waals surface area contributed by atoms with Crippen molar-refractivity contribution in [2.75, 3.05) is 13.1 Å². The molecule has 0 aliphatic carbocycles. The maximum absolute atomic E-state index is 12.9. The van der Waals surface area contributed by atoms with Gasteiger partial charge in [-0.25, -0.2) is 22.5 Å². The lowest BCUT2D eigenvalue weighted by Crippen LogP contribution is -2.38. The van der Waals surface area contributed by atoms with Crippen LogP contribution in [0.5, 0.6) is 0 Å². The molecule has 2 heterocycles. The summed E-state index contributed by atoms with van der Waals surface area (Å²) in [7, 11) is -1.89. The molecular weight excluding hydrogens is 456 g/mol. The molecule has 1 saturated heterocycles. The molecule has 1 aromatic heterocycles. The van der Waals surface area contributed by atoms with Gasteiger partial charge in [0.2, 0.25) is 10.0 Å². The Labute approximate surface area is 177 Å². The number of hydrogen-bond donors (Lipinski definition) is 0. The first-order valence-electron chi connectivity index (χ1n) is 9.35. The van der Waals surface area contributed by atoms with E-state index in [1.165, 1.54) is 8.99 Å². The molecule has 0 bridgehead atoms. The van der Waals surface area contributed by atoms with Crippen LogP contribution in [0.1, 0.15) is 24.6 Å². The van der Waals surface area contributed by atoms with E-state index >= 15 is 0 Å². The standard InChI is InChI=1S/C20H21BrN4O3S/c1-23-20(26)25(17-5-3-2-4-6-17)19(22-23)15-11-13-24(14-12-15)29(27,28)18-9-7-16(21)8-10-18/h2-10,15H,11-14H2,1H3. The molecule has 0 spiro atoms. The third-order valence-electron chi connectivity index (χ3n) is 5.23. The van der Waals surface area contributed by atoms with Crippen LogP contribution in [-0.2, 0) is 17.1 Å². The van der Waals surface area contributed by atoms with Crippen molar-refractivity contribution in [3.63, 3.8) is 0 Å². The fourth-order valence-electron chi connectivity index (χ4n) is 3.68. The van der Waals surface area contributed by atoms with Crippen molar-refractivity contribution in [2.24, 2.45) is 7.05 Å². The summed E-state index contributed by atoms with van der Waals surface area (Å²) in [6, 6.07) is 16.1. The van der Waals surface area contributed by atoms with E-state index in [1.54, 1.807) is 35.9 Å². The molecule has 9 heteroatoms. The molecule has 0 unspecified atom stereocenters. The minimum Gasteiger partial charge on any atom is -0.247 e. The highest BCUT2D eigenvalue weighted by Crippen LogP contribution is 2.30. The normalized spacial score (nSPS) is 16.2. The summed E-state index contributed by atoms with van der Waals surface area (Å²) in [5.74, 6) is 0.699. The van der Waals surface area contributed by atoms with Gasteiger partial charge >= 0.3 is 5.69 Å². The van der Waals surface area contributed by atoms with E-state index in [-0.39, 0.29) is 16.5 Å². The highest BCUT2D eigenvalue weighted by Gasteiger charge is 2.32. The Hall–Kier alpha value is -2.23. The maximum Gasteiger partial charge on any atom is 0.350 e. The van der Waals surface area contributed by atoms with Gasteiger partial charge in [0.1, 0.15) is 5.82 Å². The van der Waals surface area contributed by atoms with Gasteiger partial charge in [-0.2, -0.15) is 9.40 Å². The molecular formula is C20H21BrN4O3S. The number of piperidine rings is 1. The van der Waals surface area contributed by atoms with Crippen LogP contribution in [0, 0.1) is 0 Å². The fraction of sp³-hybridized carbons (Fsp3) is 0.300. The number of aromatic nitrogens is 3. The van der Waals surface area contributed by atoms with E-state index < -0.39 is 10.0 Å². The van der Waals surface area contributed by atoms with Gasteiger partial charge < -0.3 is 0 Å². The first-order chi connectivity index (χ1) is 13.9. The molecule has 0 saturated carbocycles. The topological polar surface area (TPSA) is 77.2 Å². The summed E-state index contributed by atoms with van der Waals surface area (Å²) < 4.78 is 31.2. The van der Waals surface area contributed by atoms with Gasteiger partial charge in [0, 0.05) is 30.5 Å². The Bertz CT molecular complexity index is 1160. The number of halogens is 1. The van der Waals surface area contributed by atoms with Crippen molar-refractivity contribution < 1.29 is 8.42 Å². The number of hydrogen-bond acceptors (Lipinski definition) is 4. The van der Waals surface area contributed by atoms with Gasteiger partial charge in [0.15, 0.2) is 0 Å². The number of nitrogens with zero attached hydrogens (tertiary/aromatic N) is 4. The molecule has 152 valence electrons. The average Bonchev–Trinajstić information content (AvgIpc) is 3.03. The largest absolute Gasteiger partial charge is 0.350 e. The van der Waals surface area contributed by atoms with Crippen LogP contribution in [0.4, 0.5) is 0 Å². The van der Waals surface area contributed by atoms with E-state index in [1.807, 2.05) is 30.3 Å². The molecule has 1 aliphatic heterocycles. The van der Waals surface area contributed by atoms with Gasteiger partial charge in [-0.3, -0.25) is 0 Å². The van der Waals surface area contributed by atoms with Crippen molar-refractivity contribution in [2.45, 2.75) is 23.7 Å². The SMILES string of the molecule is Cn1nc(C2CCN(S(=O)(=O)c3ccc(Br)cc3)CC2)n(-c2ccccc2)c1=O. The van der Waals surface area contributed by atoms with Crippen LogP contribution in [0.15, 0.2) is 68.8 Å². The second-order valence-corrected chi connectivity index (χ2v) is 9.92. The molecule has 1 fully saturated rings. The predicted octanol–water partition coefficient (Wildman–Crippen LogP) is 2.90. The van der Waals surface area contributed by atoms with Crippen molar-refractivity contribution >= 4 is 26.0 Å². The van der Waals surface area contributed by atoms with Crippen molar-refractivity contribution in [1.82, 2.24) is 18.7 Å². The molecule has 3 aromatic rings. The zero-order chi connectivity index (χ0) is 20.6. The summed E-state index contributed by atoms with van der Waals surface area (Å²) in [6.45, 7) is 0.783. The van der Waals surface area contributed by atoms with Gasteiger partial charge in [-0.15, -0.1) is 0 Å². The Morgan fingerprint density at radius 3 is 2.24 bits per heavy atom. The van der Waals surface area contributed by atoms with Gasteiger partial charge in [0.05, 0.1) is 10.6 Å². The van der Waals surface area contributed by atoms with E-state index in [2.05, 4.69) is 21.0 Å². The second kappa shape index (κ2) is 7.89. The summed E-state index contributed by atoms with van der Waals surface area (Å²) in [5, 5.41) is 4.46. The molecule has 0 atom stereocenters. The molecule has 2 aromatic carbocycles. The third-order valence-corrected chi connectivity index (χ3v) is 7.68.